The highest BCUT2D eigenvalue weighted by atomic mass is 16.2. The van der Waals surface area contributed by atoms with E-state index in [0.717, 1.165) is 61.1 Å². The molecule has 126 valence electrons. The van der Waals surface area contributed by atoms with Crippen LogP contribution in [0.5, 0.6) is 0 Å². The molecular formula is C19H24N4O. The summed E-state index contributed by atoms with van der Waals surface area (Å²) in [5.41, 5.74) is 4.80. The molecule has 1 aliphatic heterocycles. The molecule has 2 aromatic rings. The van der Waals surface area contributed by atoms with E-state index < -0.39 is 0 Å². The number of rotatable bonds is 3. The van der Waals surface area contributed by atoms with Gasteiger partial charge in [-0.3, -0.25) is 19.7 Å². The summed E-state index contributed by atoms with van der Waals surface area (Å²) in [5.74, 6) is 0.123. The number of carbonyl (C=O) groups excluding carboxylic acids is 1. The van der Waals surface area contributed by atoms with Crippen LogP contribution in [0.15, 0.2) is 30.3 Å². The molecule has 1 aliphatic rings. The molecular weight excluding hydrogens is 300 g/mol. The monoisotopic (exact) mass is 324 g/mol. The van der Waals surface area contributed by atoms with E-state index in [1.54, 1.807) is 0 Å². The fourth-order valence-electron chi connectivity index (χ4n) is 3.00. The van der Waals surface area contributed by atoms with Crippen molar-refractivity contribution in [1.82, 2.24) is 19.8 Å². The Hall–Kier alpha value is -2.27. The first-order valence-corrected chi connectivity index (χ1v) is 8.42. The van der Waals surface area contributed by atoms with Crippen molar-refractivity contribution >= 4 is 5.91 Å². The van der Waals surface area contributed by atoms with Crippen LogP contribution in [0.25, 0.3) is 0 Å². The van der Waals surface area contributed by atoms with E-state index in [2.05, 4.69) is 14.9 Å². The second-order valence-electron chi connectivity index (χ2n) is 6.36. The fraction of sp³-hybridized carbons (Fsp3) is 0.421. The van der Waals surface area contributed by atoms with Crippen LogP contribution in [0.1, 0.15) is 33.1 Å². The van der Waals surface area contributed by atoms with Gasteiger partial charge in [0.05, 0.1) is 22.8 Å². The van der Waals surface area contributed by atoms with E-state index in [-0.39, 0.29) is 5.91 Å². The lowest BCUT2D eigenvalue weighted by Gasteiger charge is -2.34. The van der Waals surface area contributed by atoms with Crippen molar-refractivity contribution in [3.63, 3.8) is 0 Å². The first kappa shape index (κ1) is 16.6. The highest BCUT2D eigenvalue weighted by Crippen LogP contribution is 2.13. The lowest BCUT2D eigenvalue weighted by atomic mass is 10.1. The number of aromatic nitrogens is 2. The zero-order chi connectivity index (χ0) is 17.1. The lowest BCUT2D eigenvalue weighted by molar-refractivity contribution is 0.0626. The van der Waals surface area contributed by atoms with Gasteiger partial charge in [0, 0.05) is 38.3 Å². The minimum absolute atomic E-state index is 0.123. The zero-order valence-electron chi connectivity index (χ0n) is 14.6. The molecule has 0 N–H and O–H groups in total. The smallest absolute Gasteiger partial charge is 0.253 e. The molecule has 0 unspecified atom stereocenters. The van der Waals surface area contributed by atoms with Crippen LogP contribution in [-0.2, 0) is 6.54 Å². The van der Waals surface area contributed by atoms with Gasteiger partial charge in [-0.05, 0) is 32.9 Å². The molecule has 0 bridgehead atoms. The van der Waals surface area contributed by atoms with Gasteiger partial charge < -0.3 is 4.90 Å². The fourth-order valence-corrected chi connectivity index (χ4v) is 3.00. The van der Waals surface area contributed by atoms with E-state index in [9.17, 15) is 4.79 Å². The molecule has 5 nitrogen and oxygen atoms in total. The minimum atomic E-state index is 0.123. The molecule has 1 saturated heterocycles. The average molecular weight is 324 g/mol. The first-order valence-electron chi connectivity index (χ1n) is 8.42. The van der Waals surface area contributed by atoms with E-state index in [1.165, 1.54) is 0 Å². The Kier molecular flexibility index (Phi) is 4.90. The summed E-state index contributed by atoms with van der Waals surface area (Å²) < 4.78 is 0. The van der Waals surface area contributed by atoms with Crippen molar-refractivity contribution in [3.8, 4) is 0 Å². The maximum atomic E-state index is 12.5. The highest BCUT2D eigenvalue weighted by Gasteiger charge is 2.22. The van der Waals surface area contributed by atoms with Crippen LogP contribution in [0.4, 0.5) is 0 Å². The van der Waals surface area contributed by atoms with Gasteiger partial charge >= 0.3 is 0 Å². The average Bonchev–Trinajstić information content (AvgIpc) is 2.60. The number of amides is 1. The van der Waals surface area contributed by atoms with Crippen molar-refractivity contribution in [1.29, 1.82) is 0 Å². The lowest BCUT2D eigenvalue weighted by Crippen LogP contribution is -2.48. The van der Waals surface area contributed by atoms with Gasteiger partial charge in [0.2, 0.25) is 0 Å². The normalized spacial score (nSPS) is 15.5. The summed E-state index contributed by atoms with van der Waals surface area (Å²) in [6.07, 6.45) is 0. The molecule has 0 radical (unpaired) electrons. The van der Waals surface area contributed by atoms with Crippen LogP contribution in [0.3, 0.4) is 0 Å². The van der Waals surface area contributed by atoms with E-state index in [0.29, 0.717) is 0 Å². The number of carbonyl (C=O) groups is 1. The molecule has 2 heterocycles. The zero-order valence-corrected chi connectivity index (χ0v) is 14.6. The SMILES string of the molecule is Cc1nc(C)c(CN2CCN(C(=O)c3ccccc3)CC2)nc1C. The maximum absolute atomic E-state index is 12.5. The standard InChI is InChI=1S/C19H24N4O/c1-14-15(2)21-18(16(3)20-14)13-22-9-11-23(12-10-22)19(24)17-7-5-4-6-8-17/h4-8H,9-13H2,1-3H3. The van der Waals surface area contributed by atoms with Crippen molar-refractivity contribution in [3.05, 3.63) is 58.7 Å². The Bertz CT molecular complexity index is 722. The molecule has 0 atom stereocenters. The van der Waals surface area contributed by atoms with Crippen molar-refractivity contribution in [2.75, 3.05) is 26.2 Å². The Balaban J connectivity index is 1.60. The highest BCUT2D eigenvalue weighted by molar-refractivity contribution is 5.94. The van der Waals surface area contributed by atoms with Gasteiger partial charge in [0.15, 0.2) is 0 Å². The Labute approximate surface area is 143 Å². The molecule has 1 aromatic heterocycles. The Morgan fingerprint density at radius 2 is 1.54 bits per heavy atom. The molecule has 0 saturated carbocycles. The minimum Gasteiger partial charge on any atom is -0.336 e. The molecule has 1 aromatic carbocycles. The molecule has 0 spiro atoms. The third kappa shape index (κ3) is 3.62. The Morgan fingerprint density at radius 3 is 2.21 bits per heavy atom. The van der Waals surface area contributed by atoms with Gasteiger partial charge in [0.25, 0.3) is 5.91 Å². The number of aryl methyl sites for hydroxylation is 3. The molecule has 0 aliphatic carbocycles. The van der Waals surface area contributed by atoms with Gasteiger partial charge in [-0.2, -0.15) is 0 Å². The number of hydrogen-bond acceptors (Lipinski definition) is 4. The largest absolute Gasteiger partial charge is 0.336 e. The van der Waals surface area contributed by atoms with E-state index >= 15 is 0 Å². The van der Waals surface area contributed by atoms with Crippen LogP contribution in [0.2, 0.25) is 0 Å². The van der Waals surface area contributed by atoms with Gasteiger partial charge in [0.1, 0.15) is 0 Å². The van der Waals surface area contributed by atoms with Crippen LogP contribution in [-0.4, -0.2) is 51.9 Å². The van der Waals surface area contributed by atoms with Crippen molar-refractivity contribution in [2.45, 2.75) is 27.3 Å². The predicted molar refractivity (Wildman–Crippen MR) is 93.9 cm³/mol. The van der Waals surface area contributed by atoms with Crippen molar-refractivity contribution in [2.24, 2.45) is 0 Å². The second kappa shape index (κ2) is 7.09. The third-order valence-corrected chi connectivity index (χ3v) is 4.63. The first-order chi connectivity index (χ1) is 11.5. The van der Waals surface area contributed by atoms with Crippen LogP contribution < -0.4 is 0 Å². The van der Waals surface area contributed by atoms with Gasteiger partial charge in [-0.15, -0.1) is 0 Å². The summed E-state index contributed by atoms with van der Waals surface area (Å²) in [4.78, 5) is 26.0. The van der Waals surface area contributed by atoms with E-state index in [1.807, 2.05) is 56.0 Å². The van der Waals surface area contributed by atoms with Crippen LogP contribution >= 0.6 is 0 Å². The van der Waals surface area contributed by atoms with Gasteiger partial charge in [-0.1, -0.05) is 18.2 Å². The molecule has 24 heavy (non-hydrogen) atoms. The summed E-state index contributed by atoms with van der Waals surface area (Å²) in [6, 6.07) is 9.50. The Morgan fingerprint density at radius 1 is 0.917 bits per heavy atom. The second-order valence-corrected chi connectivity index (χ2v) is 6.36. The van der Waals surface area contributed by atoms with E-state index in [4.69, 9.17) is 0 Å². The summed E-state index contributed by atoms with van der Waals surface area (Å²) in [5, 5.41) is 0. The predicted octanol–water partition coefficient (Wildman–Crippen LogP) is 2.36. The summed E-state index contributed by atoms with van der Waals surface area (Å²) in [6.45, 7) is 10.1. The quantitative estimate of drug-likeness (QED) is 0.870. The summed E-state index contributed by atoms with van der Waals surface area (Å²) >= 11 is 0. The molecule has 1 fully saturated rings. The van der Waals surface area contributed by atoms with Crippen molar-refractivity contribution < 1.29 is 4.79 Å². The number of nitrogens with zero attached hydrogens (tertiary/aromatic N) is 4. The third-order valence-electron chi connectivity index (χ3n) is 4.63. The number of benzene rings is 1. The molecule has 3 rings (SSSR count). The van der Waals surface area contributed by atoms with Gasteiger partial charge in [-0.25, -0.2) is 0 Å². The molecule has 1 amide bonds. The number of hydrogen-bond donors (Lipinski definition) is 0. The maximum Gasteiger partial charge on any atom is 0.253 e. The van der Waals surface area contributed by atoms with Crippen LogP contribution in [0, 0.1) is 20.8 Å². The summed E-state index contributed by atoms with van der Waals surface area (Å²) in [7, 11) is 0. The topological polar surface area (TPSA) is 49.3 Å². The molecule has 5 heteroatoms. The number of piperazine rings is 1.